The van der Waals surface area contributed by atoms with Crippen molar-refractivity contribution >= 4 is 29.3 Å². The molecule has 1 aromatic heterocycles. The predicted molar refractivity (Wildman–Crippen MR) is 68.9 cm³/mol. The van der Waals surface area contributed by atoms with Gasteiger partial charge in [0.15, 0.2) is 10.9 Å². The van der Waals surface area contributed by atoms with Gasteiger partial charge in [0.2, 0.25) is 0 Å². The molecule has 1 amide bonds. The van der Waals surface area contributed by atoms with Crippen molar-refractivity contribution in [1.29, 1.82) is 0 Å². The topological polar surface area (TPSA) is 95.3 Å². The van der Waals surface area contributed by atoms with Gasteiger partial charge in [-0.3, -0.25) is 4.79 Å². The largest absolute Gasteiger partial charge is 0.393 e. The minimum atomic E-state index is -1.38. The molecule has 0 saturated heterocycles. The highest BCUT2D eigenvalue weighted by molar-refractivity contribution is 7.98. The van der Waals surface area contributed by atoms with Crippen LogP contribution in [-0.4, -0.2) is 51.1 Å². The lowest BCUT2D eigenvalue weighted by Crippen LogP contribution is -2.43. The van der Waals surface area contributed by atoms with E-state index in [-0.39, 0.29) is 17.3 Å². The quantitative estimate of drug-likeness (QED) is 0.534. The van der Waals surface area contributed by atoms with Crippen LogP contribution in [0.25, 0.3) is 0 Å². The van der Waals surface area contributed by atoms with Gasteiger partial charge in [0.1, 0.15) is 5.60 Å². The van der Waals surface area contributed by atoms with Gasteiger partial charge in [-0.15, -0.1) is 0 Å². The van der Waals surface area contributed by atoms with Crippen LogP contribution in [0.1, 0.15) is 17.4 Å². The van der Waals surface area contributed by atoms with Crippen LogP contribution in [-0.2, 0) is 0 Å². The maximum Gasteiger partial charge on any atom is 0.271 e. The summed E-state index contributed by atoms with van der Waals surface area (Å²) in [5.41, 5.74) is -1.33. The number of amides is 1. The molecular weight excluding hydrogens is 278 g/mol. The van der Waals surface area contributed by atoms with E-state index in [4.69, 9.17) is 16.7 Å². The molecule has 3 N–H and O–H groups in total. The molecule has 0 aliphatic carbocycles. The molecule has 8 heteroatoms. The summed E-state index contributed by atoms with van der Waals surface area (Å²) in [5, 5.41) is 21.4. The van der Waals surface area contributed by atoms with Crippen LogP contribution in [0, 0.1) is 0 Å². The van der Waals surface area contributed by atoms with Crippen molar-refractivity contribution in [2.24, 2.45) is 0 Å². The van der Waals surface area contributed by atoms with Crippen molar-refractivity contribution in [3.05, 3.63) is 16.9 Å². The maximum absolute atomic E-state index is 11.8. The lowest BCUT2D eigenvalue weighted by molar-refractivity contribution is 0.00315. The molecule has 0 spiro atoms. The first-order chi connectivity index (χ1) is 8.39. The van der Waals surface area contributed by atoms with E-state index in [9.17, 15) is 9.90 Å². The number of hydrogen-bond acceptors (Lipinski definition) is 6. The molecule has 18 heavy (non-hydrogen) atoms. The van der Waals surface area contributed by atoms with Crippen LogP contribution < -0.4 is 5.32 Å². The Kier molecular flexibility index (Phi) is 5.33. The van der Waals surface area contributed by atoms with Crippen molar-refractivity contribution < 1.29 is 15.0 Å². The number of aromatic nitrogens is 2. The first-order valence-corrected chi connectivity index (χ1v) is 6.68. The average molecular weight is 292 g/mol. The molecule has 1 rings (SSSR count). The zero-order valence-electron chi connectivity index (χ0n) is 9.97. The lowest BCUT2D eigenvalue weighted by Gasteiger charge is -2.20. The number of carbonyl (C=O) groups excluding carboxylic acids is 1. The third-order valence-electron chi connectivity index (χ3n) is 2.09. The fourth-order valence-electron chi connectivity index (χ4n) is 1.02. The Labute approximate surface area is 114 Å². The van der Waals surface area contributed by atoms with E-state index in [1.54, 1.807) is 6.26 Å². The standard InChI is InChI=1S/C10H14ClN3O3S/c1-10(17,5-15)4-13-8(16)7-6(11)3-12-9(14-7)18-2/h3,15,17H,4-5H2,1-2H3,(H,13,16). The molecule has 1 atom stereocenters. The molecule has 0 aliphatic heterocycles. The van der Waals surface area contributed by atoms with Gasteiger partial charge < -0.3 is 15.5 Å². The lowest BCUT2D eigenvalue weighted by atomic mass is 10.1. The fraction of sp³-hybridized carbons (Fsp3) is 0.500. The van der Waals surface area contributed by atoms with Gasteiger partial charge in [-0.25, -0.2) is 9.97 Å². The molecule has 0 aromatic carbocycles. The van der Waals surface area contributed by atoms with Crippen LogP contribution in [0.3, 0.4) is 0 Å². The Hall–Kier alpha value is -0.890. The van der Waals surface area contributed by atoms with E-state index in [2.05, 4.69) is 15.3 Å². The molecule has 0 bridgehead atoms. The van der Waals surface area contributed by atoms with E-state index >= 15 is 0 Å². The van der Waals surface area contributed by atoms with Gasteiger partial charge in [0.25, 0.3) is 5.91 Å². The van der Waals surface area contributed by atoms with Crippen LogP contribution in [0.15, 0.2) is 11.4 Å². The van der Waals surface area contributed by atoms with Crippen molar-refractivity contribution in [3.63, 3.8) is 0 Å². The SMILES string of the molecule is CSc1ncc(Cl)c(C(=O)NCC(C)(O)CO)n1. The molecular formula is C10H14ClN3O3S. The van der Waals surface area contributed by atoms with Gasteiger partial charge in [0.05, 0.1) is 17.8 Å². The van der Waals surface area contributed by atoms with E-state index < -0.39 is 18.1 Å². The number of nitrogens with zero attached hydrogens (tertiary/aromatic N) is 2. The summed E-state index contributed by atoms with van der Waals surface area (Å²) in [6.45, 7) is 0.848. The second-order valence-electron chi connectivity index (χ2n) is 3.89. The molecule has 0 saturated carbocycles. The Morgan fingerprint density at radius 3 is 2.89 bits per heavy atom. The highest BCUT2D eigenvalue weighted by Crippen LogP contribution is 2.16. The second kappa shape index (κ2) is 6.33. The minimum absolute atomic E-state index is 0.0461. The molecule has 1 aromatic rings. The average Bonchev–Trinajstić information content (AvgIpc) is 2.36. The normalized spacial score (nSPS) is 14.1. The smallest absolute Gasteiger partial charge is 0.271 e. The van der Waals surface area contributed by atoms with E-state index in [0.717, 1.165) is 0 Å². The Morgan fingerprint density at radius 2 is 2.33 bits per heavy atom. The van der Waals surface area contributed by atoms with E-state index in [1.165, 1.54) is 24.9 Å². The number of aliphatic hydroxyl groups excluding tert-OH is 1. The summed E-state index contributed by atoms with van der Waals surface area (Å²) in [4.78, 5) is 19.7. The van der Waals surface area contributed by atoms with Crippen LogP contribution in [0.2, 0.25) is 5.02 Å². The zero-order chi connectivity index (χ0) is 13.8. The van der Waals surface area contributed by atoms with E-state index in [1.807, 2.05) is 0 Å². The molecule has 0 fully saturated rings. The third-order valence-corrected chi connectivity index (χ3v) is 2.93. The number of carbonyl (C=O) groups is 1. The number of hydrogen-bond donors (Lipinski definition) is 3. The Morgan fingerprint density at radius 1 is 1.67 bits per heavy atom. The van der Waals surface area contributed by atoms with Crippen molar-refractivity contribution in [2.45, 2.75) is 17.7 Å². The van der Waals surface area contributed by atoms with Gasteiger partial charge in [0, 0.05) is 6.54 Å². The van der Waals surface area contributed by atoms with E-state index in [0.29, 0.717) is 5.16 Å². The summed E-state index contributed by atoms with van der Waals surface area (Å²) >= 11 is 7.11. The molecule has 100 valence electrons. The first kappa shape index (κ1) is 15.2. The fourth-order valence-corrected chi connectivity index (χ4v) is 1.54. The summed E-state index contributed by atoms with van der Waals surface area (Å²) in [7, 11) is 0. The number of aliphatic hydroxyl groups is 2. The van der Waals surface area contributed by atoms with Gasteiger partial charge in [-0.05, 0) is 13.2 Å². The number of nitrogens with one attached hydrogen (secondary N) is 1. The third kappa shape index (κ3) is 4.09. The zero-order valence-corrected chi connectivity index (χ0v) is 11.5. The van der Waals surface area contributed by atoms with Crippen molar-refractivity contribution in [2.75, 3.05) is 19.4 Å². The molecule has 6 nitrogen and oxygen atoms in total. The first-order valence-electron chi connectivity index (χ1n) is 5.07. The van der Waals surface area contributed by atoms with Gasteiger partial charge in [-0.1, -0.05) is 23.4 Å². The van der Waals surface area contributed by atoms with Crippen molar-refractivity contribution in [3.8, 4) is 0 Å². The minimum Gasteiger partial charge on any atom is -0.393 e. The number of rotatable bonds is 5. The molecule has 0 aliphatic rings. The number of halogens is 1. The van der Waals surface area contributed by atoms with Crippen molar-refractivity contribution in [1.82, 2.24) is 15.3 Å². The maximum atomic E-state index is 11.8. The Bertz CT molecular complexity index is 442. The van der Waals surface area contributed by atoms with Gasteiger partial charge >= 0.3 is 0 Å². The summed E-state index contributed by atoms with van der Waals surface area (Å²) < 4.78 is 0. The summed E-state index contributed by atoms with van der Waals surface area (Å²) in [6, 6.07) is 0. The van der Waals surface area contributed by atoms with Crippen LogP contribution >= 0.6 is 23.4 Å². The Balaban J connectivity index is 2.78. The molecule has 1 unspecified atom stereocenters. The molecule has 0 radical (unpaired) electrons. The van der Waals surface area contributed by atoms with Crippen LogP contribution in [0.5, 0.6) is 0 Å². The monoisotopic (exact) mass is 291 g/mol. The van der Waals surface area contributed by atoms with Crippen LogP contribution in [0.4, 0.5) is 0 Å². The highest BCUT2D eigenvalue weighted by atomic mass is 35.5. The molecule has 1 heterocycles. The van der Waals surface area contributed by atoms with Gasteiger partial charge in [-0.2, -0.15) is 0 Å². The second-order valence-corrected chi connectivity index (χ2v) is 5.07. The summed E-state index contributed by atoms with van der Waals surface area (Å²) in [5.74, 6) is -0.522. The highest BCUT2D eigenvalue weighted by Gasteiger charge is 2.21. The number of thioether (sulfide) groups is 1. The summed E-state index contributed by atoms with van der Waals surface area (Å²) in [6.07, 6.45) is 3.13. The predicted octanol–water partition coefficient (Wildman–Crippen LogP) is 0.325.